The lowest BCUT2D eigenvalue weighted by Crippen LogP contribution is -2.04. The summed E-state index contributed by atoms with van der Waals surface area (Å²) < 4.78 is 1.71. The van der Waals surface area contributed by atoms with E-state index < -0.39 is 0 Å². The van der Waals surface area contributed by atoms with Gasteiger partial charge in [-0.15, -0.1) is 0 Å². The molecular weight excluding hydrogens is 190 g/mol. The standard InChI is InChI=1S/C10H13N5/c1-2-7-5-13-15(6-7)8-3-4-9(11)14-10(8)12/h3-6H,2H2,1H3,(H4,11,12,14). The van der Waals surface area contributed by atoms with Gasteiger partial charge in [0.1, 0.15) is 11.5 Å². The zero-order valence-corrected chi connectivity index (χ0v) is 8.51. The Hall–Kier alpha value is -2.04. The van der Waals surface area contributed by atoms with E-state index in [2.05, 4.69) is 17.0 Å². The molecule has 0 unspecified atom stereocenters. The molecule has 0 spiro atoms. The molecule has 2 heterocycles. The van der Waals surface area contributed by atoms with Gasteiger partial charge in [-0.05, 0) is 24.1 Å². The van der Waals surface area contributed by atoms with E-state index in [1.807, 2.05) is 18.5 Å². The summed E-state index contributed by atoms with van der Waals surface area (Å²) in [6.45, 7) is 2.08. The number of hydrogen-bond acceptors (Lipinski definition) is 4. The average molecular weight is 203 g/mol. The lowest BCUT2D eigenvalue weighted by Gasteiger charge is -2.04. The monoisotopic (exact) mass is 203 g/mol. The molecule has 78 valence electrons. The number of nitrogens with two attached hydrogens (primary N) is 2. The maximum Gasteiger partial charge on any atom is 0.151 e. The molecule has 0 aromatic carbocycles. The molecule has 0 fully saturated rings. The number of nitrogens with zero attached hydrogens (tertiary/aromatic N) is 3. The molecule has 4 N–H and O–H groups in total. The largest absolute Gasteiger partial charge is 0.384 e. The predicted molar refractivity (Wildman–Crippen MR) is 59.6 cm³/mol. The third-order valence-electron chi connectivity index (χ3n) is 2.22. The maximum atomic E-state index is 5.75. The first-order valence-corrected chi connectivity index (χ1v) is 4.76. The zero-order chi connectivity index (χ0) is 10.8. The third-order valence-corrected chi connectivity index (χ3v) is 2.22. The van der Waals surface area contributed by atoms with Crippen LogP contribution in [0.2, 0.25) is 0 Å². The van der Waals surface area contributed by atoms with Crippen molar-refractivity contribution < 1.29 is 0 Å². The van der Waals surface area contributed by atoms with Gasteiger partial charge in [-0.25, -0.2) is 9.67 Å². The number of aromatic nitrogens is 3. The van der Waals surface area contributed by atoms with Crippen LogP contribution in [0.3, 0.4) is 0 Å². The van der Waals surface area contributed by atoms with E-state index in [-0.39, 0.29) is 0 Å². The fourth-order valence-electron chi connectivity index (χ4n) is 1.35. The fourth-order valence-corrected chi connectivity index (χ4v) is 1.35. The molecule has 0 atom stereocenters. The van der Waals surface area contributed by atoms with Crippen LogP contribution in [-0.2, 0) is 6.42 Å². The Morgan fingerprint density at radius 1 is 1.33 bits per heavy atom. The van der Waals surface area contributed by atoms with Crippen LogP contribution >= 0.6 is 0 Å². The molecule has 0 aliphatic carbocycles. The smallest absolute Gasteiger partial charge is 0.151 e. The molecule has 0 radical (unpaired) electrons. The van der Waals surface area contributed by atoms with E-state index in [1.165, 1.54) is 0 Å². The van der Waals surface area contributed by atoms with Crippen LogP contribution in [0.1, 0.15) is 12.5 Å². The number of aryl methyl sites for hydroxylation is 1. The summed E-state index contributed by atoms with van der Waals surface area (Å²) in [4.78, 5) is 3.98. The third kappa shape index (κ3) is 1.76. The SMILES string of the molecule is CCc1cnn(-c2ccc(N)nc2N)c1. The van der Waals surface area contributed by atoms with Crippen LogP contribution in [0.25, 0.3) is 5.69 Å². The highest BCUT2D eigenvalue weighted by atomic mass is 15.3. The molecule has 0 saturated carbocycles. The van der Waals surface area contributed by atoms with Crippen LogP contribution < -0.4 is 11.5 Å². The summed E-state index contributed by atoms with van der Waals surface area (Å²) in [6.07, 6.45) is 4.70. The molecular formula is C10H13N5. The Labute approximate surface area is 87.7 Å². The molecule has 5 heteroatoms. The Morgan fingerprint density at radius 3 is 2.73 bits per heavy atom. The van der Waals surface area contributed by atoms with Crippen LogP contribution in [0.5, 0.6) is 0 Å². The van der Waals surface area contributed by atoms with Crippen LogP contribution in [0.15, 0.2) is 24.5 Å². The quantitative estimate of drug-likeness (QED) is 0.762. The molecule has 0 bridgehead atoms. The second-order valence-electron chi connectivity index (χ2n) is 3.29. The number of pyridine rings is 1. The van der Waals surface area contributed by atoms with Crippen molar-refractivity contribution in [2.75, 3.05) is 11.5 Å². The zero-order valence-electron chi connectivity index (χ0n) is 8.51. The van der Waals surface area contributed by atoms with Gasteiger partial charge in [0, 0.05) is 6.20 Å². The molecule has 2 rings (SSSR count). The van der Waals surface area contributed by atoms with E-state index in [0.717, 1.165) is 17.7 Å². The molecule has 2 aromatic heterocycles. The van der Waals surface area contributed by atoms with Gasteiger partial charge >= 0.3 is 0 Å². The second kappa shape index (κ2) is 3.61. The highest BCUT2D eigenvalue weighted by Gasteiger charge is 2.04. The average Bonchev–Trinajstić information content (AvgIpc) is 2.66. The minimum Gasteiger partial charge on any atom is -0.384 e. The van der Waals surface area contributed by atoms with Gasteiger partial charge in [-0.3, -0.25) is 0 Å². The van der Waals surface area contributed by atoms with Crippen molar-refractivity contribution in [2.24, 2.45) is 0 Å². The molecule has 0 aliphatic rings. The minimum absolute atomic E-state index is 0.390. The predicted octanol–water partition coefficient (Wildman–Crippen LogP) is 0.994. The van der Waals surface area contributed by atoms with Crippen molar-refractivity contribution in [3.63, 3.8) is 0 Å². The number of rotatable bonds is 2. The lowest BCUT2D eigenvalue weighted by molar-refractivity contribution is 0.877. The summed E-state index contributed by atoms with van der Waals surface area (Å²) in [5.74, 6) is 0.805. The molecule has 0 amide bonds. The van der Waals surface area contributed by atoms with E-state index in [4.69, 9.17) is 11.5 Å². The number of anilines is 2. The molecule has 5 nitrogen and oxygen atoms in total. The molecule has 0 aliphatic heterocycles. The topological polar surface area (TPSA) is 82.8 Å². The molecule has 2 aromatic rings. The highest BCUT2D eigenvalue weighted by Crippen LogP contribution is 2.16. The van der Waals surface area contributed by atoms with E-state index in [9.17, 15) is 0 Å². The van der Waals surface area contributed by atoms with Crippen molar-refractivity contribution in [1.82, 2.24) is 14.8 Å². The fraction of sp³-hybridized carbons (Fsp3) is 0.200. The Balaban J connectivity index is 2.44. The first-order valence-electron chi connectivity index (χ1n) is 4.76. The Morgan fingerprint density at radius 2 is 2.13 bits per heavy atom. The Kier molecular flexibility index (Phi) is 2.29. The first kappa shape index (κ1) is 9.51. The van der Waals surface area contributed by atoms with Gasteiger partial charge in [0.2, 0.25) is 0 Å². The van der Waals surface area contributed by atoms with Gasteiger partial charge in [-0.1, -0.05) is 6.92 Å². The van der Waals surface area contributed by atoms with Crippen molar-refractivity contribution in [1.29, 1.82) is 0 Å². The van der Waals surface area contributed by atoms with Crippen LogP contribution in [0.4, 0.5) is 11.6 Å². The van der Waals surface area contributed by atoms with E-state index >= 15 is 0 Å². The summed E-state index contributed by atoms with van der Waals surface area (Å²) in [6, 6.07) is 3.52. The molecule has 15 heavy (non-hydrogen) atoms. The summed E-state index contributed by atoms with van der Waals surface area (Å²) in [7, 11) is 0. The normalized spacial score (nSPS) is 10.5. The van der Waals surface area contributed by atoms with Crippen molar-refractivity contribution in [3.05, 3.63) is 30.1 Å². The van der Waals surface area contributed by atoms with Gasteiger partial charge in [-0.2, -0.15) is 5.10 Å². The van der Waals surface area contributed by atoms with E-state index in [0.29, 0.717) is 11.6 Å². The maximum absolute atomic E-state index is 5.75. The Bertz CT molecular complexity index is 474. The van der Waals surface area contributed by atoms with Gasteiger partial charge in [0.05, 0.1) is 6.20 Å². The van der Waals surface area contributed by atoms with Crippen molar-refractivity contribution >= 4 is 11.6 Å². The van der Waals surface area contributed by atoms with E-state index in [1.54, 1.807) is 10.7 Å². The van der Waals surface area contributed by atoms with Crippen LogP contribution in [-0.4, -0.2) is 14.8 Å². The second-order valence-corrected chi connectivity index (χ2v) is 3.29. The summed E-state index contributed by atoms with van der Waals surface area (Å²) in [5.41, 5.74) is 13.2. The van der Waals surface area contributed by atoms with Gasteiger partial charge in [0.15, 0.2) is 5.82 Å². The highest BCUT2D eigenvalue weighted by molar-refractivity contribution is 5.55. The van der Waals surface area contributed by atoms with Crippen LogP contribution in [0, 0.1) is 0 Å². The van der Waals surface area contributed by atoms with Crippen molar-refractivity contribution in [3.8, 4) is 5.69 Å². The number of hydrogen-bond donors (Lipinski definition) is 2. The first-order chi connectivity index (χ1) is 7.20. The lowest BCUT2D eigenvalue weighted by atomic mass is 10.3. The van der Waals surface area contributed by atoms with Crippen molar-refractivity contribution in [2.45, 2.75) is 13.3 Å². The van der Waals surface area contributed by atoms with Gasteiger partial charge < -0.3 is 11.5 Å². The summed E-state index contributed by atoms with van der Waals surface area (Å²) in [5, 5.41) is 4.20. The van der Waals surface area contributed by atoms with Gasteiger partial charge in [0.25, 0.3) is 0 Å². The summed E-state index contributed by atoms with van der Waals surface area (Å²) >= 11 is 0. The number of nitrogen functional groups attached to an aromatic ring is 2. The minimum atomic E-state index is 0.390. The molecule has 0 saturated heterocycles.